The molecule has 0 fully saturated rings. The minimum atomic E-state index is -1.46. The quantitative estimate of drug-likeness (QED) is 0.507. The van der Waals surface area contributed by atoms with E-state index in [4.69, 9.17) is 5.11 Å². The molecule has 0 aromatic heterocycles. The van der Waals surface area contributed by atoms with E-state index in [-0.39, 0.29) is 18.5 Å². The van der Waals surface area contributed by atoms with Gasteiger partial charge in [-0.15, -0.1) is 0 Å². The summed E-state index contributed by atoms with van der Waals surface area (Å²) in [4.78, 5) is 24.3. The SMILES string of the molecule is CC(C)C(CN(C)C)NC(=O)NCC(C)(O)CC(=O)O. The van der Waals surface area contributed by atoms with Gasteiger partial charge in [0.15, 0.2) is 0 Å². The zero-order chi connectivity index (χ0) is 15.9. The molecule has 0 radical (unpaired) electrons. The number of aliphatic hydroxyl groups is 1. The van der Waals surface area contributed by atoms with Gasteiger partial charge in [0.05, 0.1) is 12.0 Å². The van der Waals surface area contributed by atoms with Gasteiger partial charge in [-0.05, 0) is 26.9 Å². The molecule has 0 aliphatic heterocycles. The first kappa shape index (κ1) is 18.7. The van der Waals surface area contributed by atoms with Gasteiger partial charge < -0.3 is 25.7 Å². The van der Waals surface area contributed by atoms with E-state index in [1.165, 1.54) is 6.92 Å². The molecule has 0 spiro atoms. The summed E-state index contributed by atoms with van der Waals surface area (Å²) in [5.74, 6) is -0.840. The Morgan fingerprint density at radius 1 is 1.30 bits per heavy atom. The molecule has 0 aliphatic rings. The predicted molar refractivity (Wildman–Crippen MR) is 76.6 cm³/mol. The van der Waals surface area contributed by atoms with E-state index in [1.54, 1.807) is 0 Å². The number of urea groups is 1. The largest absolute Gasteiger partial charge is 0.481 e. The molecule has 0 saturated heterocycles. The number of aliphatic carboxylic acids is 1. The Bertz CT molecular complexity index is 330. The zero-order valence-electron chi connectivity index (χ0n) is 12.9. The molecule has 20 heavy (non-hydrogen) atoms. The van der Waals surface area contributed by atoms with E-state index in [1.807, 2.05) is 32.8 Å². The fourth-order valence-corrected chi connectivity index (χ4v) is 1.69. The molecule has 7 heteroatoms. The molecule has 2 atom stereocenters. The van der Waals surface area contributed by atoms with Crippen molar-refractivity contribution in [2.75, 3.05) is 27.2 Å². The lowest BCUT2D eigenvalue weighted by molar-refractivity contribution is -0.141. The third-order valence-electron chi connectivity index (χ3n) is 2.84. The van der Waals surface area contributed by atoms with Crippen LogP contribution in [0.3, 0.4) is 0 Å². The van der Waals surface area contributed by atoms with Crippen LogP contribution in [-0.2, 0) is 4.79 Å². The molecule has 0 aromatic carbocycles. The molecule has 0 aliphatic carbocycles. The summed E-state index contributed by atoms with van der Waals surface area (Å²) in [6.07, 6.45) is -0.418. The van der Waals surface area contributed by atoms with E-state index < -0.39 is 24.0 Å². The van der Waals surface area contributed by atoms with E-state index in [0.717, 1.165) is 0 Å². The number of carboxylic acid groups (broad SMARTS) is 1. The van der Waals surface area contributed by atoms with E-state index >= 15 is 0 Å². The van der Waals surface area contributed by atoms with Gasteiger partial charge in [-0.25, -0.2) is 4.79 Å². The first-order chi connectivity index (χ1) is 9.03. The van der Waals surface area contributed by atoms with Gasteiger partial charge in [-0.2, -0.15) is 0 Å². The molecule has 0 aromatic rings. The number of carbonyl (C=O) groups is 2. The normalized spacial score (nSPS) is 15.8. The Labute approximate surface area is 120 Å². The Kier molecular flexibility index (Phi) is 7.52. The van der Waals surface area contributed by atoms with Crippen molar-refractivity contribution in [1.82, 2.24) is 15.5 Å². The molecule has 0 rings (SSSR count). The summed E-state index contributed by atoms with van der Waals surface area (Å²) in [5, 5.41) is 23.8. The molecule has 118 valence electrons. The highest BCUT2D eigenvalue weighted by Crippen LogP contribution is 2.07. The van der Waals surface area contributed by atoms with Crippen LogP contribution in [-0.4, -0.2) is 65.9 Å². The Balaban J connectivity index is 4.29. The average Bonchev–Trinajstić information content (AvgIpc) is 2.23. The van der Waals surface area contributed by atoms with Gasteiger partial charge in [-0.3, -0.25) is 4.79 Å². The van der Waals surface area contributed by atoms with Gasteiger partial charge >= 0.3 is 12.0 Å². The van der Waals surface area contributed by atoms with Gasteiger partial charge in [0, 0.05) is 19.1 Å². The molecular formula is C13H27N3O4. The fourth-order valence-electron chi connectivity index (χ4n) is 1.69. The molecule has 2 unspecified atom stereocenters. The maximum Gasteiger partial charge on any atom is 0.315 e. The van der Waals surface area contributed by atoms with Crippen molar-refractivity contribution in [3.63, 3.8) is 0 Å². The van der Waals surface area contributed by atoms with Gasteiger partial charge in [-0.1, -0.05) is 13.8 Å². The highest BCUT2D eigenvalue weighted by atomic mass is 16.4. The van der Waals surface area contributed by atoms with Crippen LogP contribution in [0.15, 0.2) is 0 Å². The third-order valence-corrected chi connectivity index (χ3v) is 2.84. The molecule has 0 heterocycles. The highest BCUT2D eigenvalue weighted by molar-refractivity contribution is 5.74. The van der Waals surface area contributed by atoms with Gasteiger partial charge in [0.1, 0.15) is 0 Å². The Hall–Kier alpha value is -1.34. The molecule has 2 amide bonds. The standard InChI is InChI=1S/C13H27N3O4/c1-9(2)10(7-16(4)5)15-12(19)14-8-13(3,20)6-11(17)18/h9-10,20H,6-8H2,1-5H3,(H,17,18)(H2,14,15,19). The van der Waals surface area contributed by atoms with Crippen molar-refractivity contribution in [1.29, 1.82) is 0 Å². The highest BCUT2D eigenvalue weighted by Gasteiger charge is 2.25. The van der Waals surface area contributed by atoms with E-state index in [2.05, 4.69) is 10.6 Å². The lowest BCUT2D eigenvalue weighted by Crippen LogP contribution is -2.51. The van der Waals surface area contributed by atoms with Crippen molar-refractivity contribution in [2.24, 2.45) is 5.92 Å². The number of amides is 2. The van der Waals surface area contributed by atoms with Crippen molar-refractivity contribution in [3.8, 4) is 0 Å². The summed E-state index contributed by atoms with van der Waals surface area (Å²) < 4.78 is 0. The molecular weight excluding hydrogens is 262 g/mol. The number of nitrogens with zero attached hydrogens (tertiary/aromatic N) is 1. The molecule has 4 N–H and O–H groups in total. The maximum absolute atomic E-state index is 11.8. The minimum absolute atomic E-state index is 0.0191. The number of carboxylic acids is 1. The van der Waals surface area contributed by atoms with Crippen molar-refractivity contribution in [3.05, 3.63) is 0 Å². The van der Waals surface area contributed by atoms with Crippen molar-refractivity contribution in [2.45, 2.75) is 38.8 Å². The second-order valence-corrected chi connectivity index (χ2v) is 6.01. The van der Waals surface area contributed by atoms with Crippen LogP contribution in [0.25, 0.3) is 0 Å². The average molecular weight is 289 g/mol. The number of hydrogen-bond acceptors (Lipinski definition) is 4. The number of hydrogen-bond donors (Lipinski definition) is 4. The fraction of sp³-hybridized carbons (Fsp3) is 0.846. The van der Waals surface area contributed by atoms with Crippen LogP contribution < -0.4 is 10.6 Å². The van der Waals surface area contributed by atoms with Gasteiger partial charge in [0.25, 0.3) is 0 Å². The maximum atomic E-state index is 11.8. The van der Waals surface area contributed by atoms with E-state index in [0.29, 0.717) is 6.54 Å². The number of rotatable bonds is 8. The summed E-state index contributed by atoms with van der Waals surface area (Å²) >= 11 is 0. The molecule has 7 nitrogen and oxygen atoms in total. The minimum Gasteiger partial charge on any atom is -0.481 e. The van der Waals surface area contributed by atoms with Crippen LogP contribution >= 0.6 is 0 Å². The van der Waals surface area contributed by atoms with Crippen LogP contribution in [0.5, 0.6) is 0 Å². The molecule has 0 bridgehead atoms. The van der Waals surface area contributed by atoms with Crippen LogP contribution in [0.1, 0.15) is 27.2 Å². The van der Waals surface area contributed by atoms with E-state index in [9.17, 15) is 14.7 Å². The van der Waals surface area contributed by atoms with Crippen molar-refractivity contribution >= 4 is 12.0 Å². The first-order valence-electron chi connectivity index (χ1n) is 6.67. The Morgan fingerprint density at radius 2 is 1.85 bits per heavy atom. The summed E-state index contributed by atoms with van der Waals surface area (Å²) in [6.45, 7) is 5.99. The predicted octanol–water partition coefficient (Wildman–Crippen LogP) is 0.0975. The van der Waals surface area contributed by atoms with Crippen molar-refractivity contribution < 1.29 is 19.8 Å². The monoisotopic (exact) mass is 289 g/mol. The zero-order valence-corrected chi connectivity index (χ0v) is 12.9. The summed E-state index contributed by atoms with van der Waals surface area (Å²) in [6, 6.07) is -0.425. The van der Waals surface area contributed by atoms with Crippen LogP contribution in [0.4, 0.5) is 4.79 Å². The third kappa shape index (κ3) is 8.71. The van der Waals surface area contributed by atoms with Crippen LogP contribution in [0.2, 0.25) is 0 Å². The smallest absolute Gasteiger partial charge is 0.315 e. The van der Waals surface area contributed by atoms with Gasteiger partial charge in [0.2, 0.25) is 0 Å². The topological polar surface area (TPSA) is 102 Å². The number of nitrogens with one attached hydrogen (secondary N) is 2. The second kappa shape index (κ2) is 8.06. The molecule has 0 saturated carbocycles. The lowest BCUT2D eigenvalue weighted by Gasteiger charge is -2.27. The summed E-state index contributed by atoms with van der Waals surface area (Å²) in [7, 11) is 3.85. The second-order valence-electron chi connectivity index (χ2n) is 6.01. The number of carbonyl (C=O) groups excluding carboxylic acids is 1. The number of likely N-dealkylation sites (N-methyl/N-ethyl adjacent to an activating group) is 1. The van der Waals surface area contributed by atoms with Crippen LogP contribution in [0, 0.1) is 5.92 Å². The Morgan fingerprint density at radius 3 is 2.25 bits per heavy atom. The summed E-state index contributed by atoms with van der Waals surface area (Å²) in [5.41, 5.74) is -1.46. The lowest BCUT2D eigenvalue weighted by atomic mass is 10.0. The first-order valence-corrected chi connectivity index (χ1v) is 6.67.